The first-order chi connectivity index (χ1) is 12.7. The van der Waals surface area contributed by atoms with Crippen molar-refractivity contribution in [3.8, 4) is 0 Å². The molecule has 0 unspecified atom stereocenters. The van der Waals surface area contributed by atoms with Crippen molar-refractivity contribution in [1.82, 2.24) is 19.5 Å². The molecule has 0 aliphatic rings. The van der Waals surface area contributed by atoms with Crippen molar-refractivity contribution in [1.29, 1.82) is 0 Å². The van der Waals surface area contributed by atoms with Gasteiger partial charge < -0.3 is 14.8 Å². The number of aryl methyl sites for hydroxylation is 2. The van der Waals surface area contributed by atoms with Gasteiger partial charge in [0.1, 0.15) is 0 Å². The molecule has 0 aliphatic carbocycles. The van der Waals surface area contributed by atoms with Crippen LogP contribution in [0.15, 0.2) is 46.4 Å². The van der Waals surface area contributed by atoms with E-state index in [9.17, 15) is 8.42 Å². The lowest BCUT2D eigenvalue weighted by molar-refractivity contribution is 0.462. The monoisotopic (exact) mass is 411 g/mol. The number of guanidine groups is 1. The van der Waals surface area contributed by atoms with E-state index in [4.69, 9.17) is 11.6 Å². The molecule has 27 heavy (non-hydrogen) atoms. The van der Waals surface area contributed by atoms with Crippen molar-refractivity contribution in [3.63, 3.8) is 0 Å². The van der Waals surface area contributed by atoms with Crippen molar-refractivity contribution in [2.75, 3.05) is 27.2 Å². The van der Waals surface area contributed by atoms with Gasteiger partial charge >= 0.3 is 0 Å². The Bertz CT molecular complexity index is 891. The number of nitrogens with one attached hydrogen (secondary N) is 2. The zero-order valence-electron chi connectivity index (χ0n) is 16.0. The van der Waals surface area contributed by atoms with Crippen molar-refractivity contribution >= 4 is 27.6 Å². The second-order valence-electron chi connectivity index (χ2n) is 6.30. The van der Waals surface area contributed by atoms with E-state index in [0.717, 1.165) is 11.3 Å². The van der Waals surface area contributed by atoms with Crippen molar-refractivity contribution < 1.29 is 8.42 Å². The summed E-state index contributed by atoms with van der Waals surface area (Å²) in [4.78, 5) is 6.44. The molecule has 9 heteroatoms. The largest absolute Gasteiger partial charge is 0.355 e. The Kier molecular flexibility index (Phi) is 7.29. The van der Waals surface area contributed by atoms with Crippen LogP contribution in [0.25, 0.3) is 0 Å². The fraction of sp³-hybridized carbons (Fsp3) is 0.389. The quantitative estimate of drug-likeness (QED) is 0.415. The van der Waals surface area contributed by atoms with Gasteiger partial charge in [-0.05, 0) is 25.1 Å². The van der Waals surface area contributed by atoms with E-state index in [0.29, 0.717) is 24.1 Å². The van der Waals surface area contributed by atoms with Crippen LogP contribution < -0.4 is 10.0 Å². The molecule has 0 bridgehead atoms. The second kappa shape index (κ2) is 9.25. The summed E-state index contributed by atoms with van der Waals surface area (Å²) < 4.78 is 29.1. The summed E-state index contributed by atoms with van der Waals surface area (Å²) in [6.07, 6.45) is 1.85. The SMILES string of the molecule is CN=C(NCCNS(=O)(=O)c1ccc(C)cc1)N(C)Cc1cc(Cl)cn1C. The normalized spacial score (nSPS) is 12.3. The van der Waals surface area contributed by atoms with Crippen LogP contribution in [-0.2, 0) is 23.6 Å². The summed E-state index contributed by atoms with van der Waals surface area (Å²) in [7, 11) is 2.02. The van der Waals surface area contributed by atoms with Gasteiger partial charge in [0.2, 0.25) is 10.0 Å². The minimum atomic E-state index is -3.51. The van der Waals surface area contributed by atoms with Crippen LogP contribution in [0.3, 0.4) is 0 Å². The molecule has 0 fully saturated rings. The third kappa shape index (κ3) is 5.98. The third-order valence-corrected chi connectivity index (χ3v) is 5.76. The minimum absolute atomic E-state index is 0.249. The number of sulfonamides is 1. The number of hydrogen-bond acceptors (Lipinski definition) is 3. The third-order valence-electron chi connectivity index (χ3n) is 4.08. The van der Waals surface area contributed by atoms with E-state index in [1.54, 1.807) is 31.3 Å². The predicted octanol–water partition coefficient (Wildman–Crippen LogP) is 1.97. The highest BCUT2D eigenvalue weighted by atomic mass is 35.5. The average Bonchev–Trinajstić information content (AvgIpc) is 2.92. The van der Waals surface area contributed by atoms with E-state index in [1.807, 2.05) is 42.7 Å². The molecule has 148 valence electrons. The molecule has 0 saturated carbocycles. The highest BCUT2D eigenvalue weighted by Gasteiger charge is 2.13. The predicted molar refractivity (Wildman–Crippen MR) is 110 cm³/mol. The summed E-state index contributed by atoms with van der Waals surface area (Å²) in [6, 6.07) is 8.66. The topological polar surface area (TPSA) is 78.7 Å². The first-order valence-corrected chi connectivity index (χ1v) is 10.4. The summed E-state index contributed by atoms with van der Waals surface area (Å²) in [6.45, 7) is 3.20. The Morgan fingerprint density at radius 2 is 1.93 bits per heavy atom. The van der Waals surface area contributed by atoms with Gasteiger partial charge in [-0.2, -0.15) is 0 Å². The second-order valence-corrected chi connectivity index (χ2v) is 8.50. The van der Waals surface area contributed by atoms with Crippen LogP contribution >= 0.6 is 11.6 Å². The number of benzene rings is 1. The number of aliphatic imine (C=N–C) groups is 1. The van der Waals surface area contributed by atoms with E-state index < -0.39 is 10.0 Å². The van der Waals surface area contributed by atoms with E-state index in [1.165, 1.54) is 0 Å². The molecular formula is C18H26ClN5O2S. The van der Waals surface area contributed by atoms with Crippen LogP contribution in [0.2, 0.25) is 5.02 Å². The first kappa shape index (κ1) is 21.3. The average molecular weight is 412 g/mol. The maximum Gasteiger partial charge on any atom is 0.240 e. The van der Waals surface area contributed by atoms with Gasteiger partial charge in [0.05, 0.1) is 16.5 Å². The summed E-state index contributed by atoms with van der Waals surface area (Å²) in [5.74, 6) is 0.668. The Morgan fingerprint density at radius 1 is 1.26 bits per heavy atom. The van der Waals surface area contributed by atoms with Crippen LogP contribution in [0.1, 0.15) is 11.3 Å². The van der Waals surface area contributed by atoms with Crippen LogP contribution in [0.4, 0.5) is 0 Å². The molecule has 7 nitrogen and oxygen atoms in total. The lowest BCUT2D eigenvalue weighted by Crippen LogP contribution is -2.42. The lowest BCUT2D eigenvalue weighted by Gasteiger charge is -2.22. The van der Waals surface area contributed by atoms with Gasteiger partial charge in [-0.15, -0.1) is 0 Å². The van der Waals surface area contributed by atoms with Gasteiger partial charge in [-0.3, -0.25) is 4.99 Å². The number of aromatic nitrogens is 1. The fourth-order valence-electron chi connectivity index (χ4n) is 2.59. The number of halogens is 1. The Balaban J connectivity index is 1.85. The molecule has 2 aromatic rings. The van der Waals surface area contributed by atoms with Gasteiger partial charge in [0.15, 0.2) is 5.96 Å². The van der Waals surface area contributed by atoms with E-state index in [-0.39, 0.29) is 11.4 Å². The van der Waals surface area contributed by atoms with Crippen molar-refractivity contribution in [3.05, 3.63) is 52.8 Å². The van der Waals surface area contributed by atoms with Crippen LogP contribution in [0.5, 0.6) is 0 Å². The Labute approximate surface area is 166 Å². The number of nitrogens with zero attached hydrogens (tertiary/aromatic N) is 3. The lowest BCUT2D eigenvalue weighted by atomic mass is 10.2. The number of rotatable bonds is 7. The highest BCUT2D eigenvalue weighted by Crippen LogP contribution is 2.14. The molecule has 1 aromatic carbocycles. The van der Waals surface area contributed by atoms with Crippen LogP contribution in [0, 0.1) is 6.92 Å². The van der Waals surface area contributed by atoms with Crippen molar-refractivity contribution in [2.24, 2.45) is 12.0 Å². The summed E-state index contributed by atoms with van der Waals surface area (Å²) in [5.41, 5.74) is 2.06. The minimum Gasteiger partial charge on any atom is -0.355 e. The smallest absolute Gasteiger partial charge is 0.240 e. The van der Waals surface area contributed by atoms with E-state index in [2.05, 4.69) is 15.0 Å². The first-order valence-electron chi connectivity index (χ1n) is 8.52. The van der Waals surface area contributed by atoms with E-state index >= 15 is 0 Å². The van der Waals surface area contributed by atoms with Gasteiger partial charge in [-0.1, -0.05) is 29.3 Å². The Morgan fingerprint density at radius 3 is 2.48 bits per heavy atom. The molecule has 0 amide bonds. The maximum atomic E-state index is 12.3. The molecule has 1 heterocycles. The zero-order valence-corrected chi connectivity index (χ0v) is 17.6. The van der Waals surface area contributed by atoms with Crippen LogP contribution in [-0.4, -0.2) is 51.0 Å². The molecule has 1 aromatic heterocycles. The number of hydrogen-bond donors (Lipinski definition) is 2. The van der Waals surface area contributed by atoms with Gasteiger partial charge in [0.25, 0.3) is 0 Å². The van der Waals surface area contributed by atoms with Crippen molar-refractivity contribution in [2.45, 2.75) is 18.4 Å². The molecular weight excluding hydrogens is 386 g/mol. The molecule has 2 N–H and O–H groups in total. The molecule has 0 radical (unpaired) electrons. The van der Waals surface area contributed by atoms with Gasteiger partial charge in [-0.25, -0.2) is 13.1 Å². The van der Waals surface area contributed by atoms with Gasteiger partial charge in [0, 0.05) is 46.1 Å². The highest BCUT2D eigenvalue weighted by molar-refractivity contribution is 7.89. The Hall–Kier alpha value is -2.03. The molecule has 0 aliphatic heterocycles. The summed E-state index contributed by atoms with van der Waals surface area (Å²) in [5, 5.41) is 3.84. The summed E-state index contributed by atoms with van der Waals surface area (Å²) >= 11 is 6.02. The maximum absolute atomic E-state index is 12.3. The molecule has 2 rings (SSSR count). The fourth-order valence-corrected chi connectivity index (χ4v) is 3.89. The zero-order chi connectivity index (χ0) is 20.0. The molecule has 0 saturated heterocycles. The molecule has 0 atom stereocenters. The molecule has 0 spiro atoms. The standard InChI is InChI=1S/C18H26ClN5O2S/c1-14-5-7-17(8-6-14)27(25,26)22-10-9-21-18(20-2)24(4)13-16-11-15(19)12-23(16)3/h5-8,11-12,22H,9-10,13H2,1-4H3,(H,20,21).